The molecule has 3 aromatic rings. The Labute approximate surface area is 203 Å². The standard InChI is InChI=1S/C33H32O/c34-32(26-17-15-24(16-18-26)23-9-3-1-4-10-23)22-28-21-27-13-7-8-14-29(27)33-30(19-20-31(28)33)25-11-5-2-6-12-25/h1-14,19-20,24,26,28,33H,15-18,21-22H2. The normalized spacial score (nSPS) is 25.6. The van der Waals surface area contributed by atoms with E-state index in [4.69, 9.17) is 0 Å². The molecule has 0 aliphatic heterocycles. The van der Waals surface area contributed by atoms with Crippen LogP contribution < -0.4 is 0 Å². The molecule has 170 valence electrons. The van der Waals surface area contributed by atoms with Crippen LogP contribution in [0.4, 0.5) is 0 Å². The number of hydrogen-bond acceptors (Lipinski definition) is 1. The van der Waals surface area contributed by atoms with Gasteiger partial charge in [-0.25, -0.2) is 0 Å². The summed E-state index contributed by atoms with van der Waals surface area (Å²) < 4.78 is 0. The van der Waals surface area contributed by atoms with Gasteiger partial charge in [-0.2, -0.15) is 0 Å². The largest absolute Gasteiger partial charge is 0.299 e. The molecule has 3 aliphatic rings. The highest BCUT2D eigenvalue weighted by atomic mass is 16.1. The van der Waals surface area contributed by atoms with Gasteiger partial charge in [0.1, 0.15) is 5.78 Å². The van der Waals surface area contributed by atoms with E-state index in [-0.39, 0.29) is 5.92 Å². The molecule has 0 spiro atoms. The van der Waals surface area contributed by atoms with Crippen LogP contribution in [0.1, 0.15) is 66.2 Å². The Morgan fingerprint density at radius 3 is 2.18 bits per heavy atom. The Hall–Kier alpha value is -3.19. The molecule has 0 radical (unpaired) electrons. The van der Waals surface area contributed by atoms with Gasteiger partial charge in [-0.05, 0) is 71.8 Å². The van der Waals surface area contributed by atoms with Crippen molar-refractivity contribution in [2.75, 3.05) is 0 Å². The minimum atomic E-state index is 0.235. The maximum absolute atomic E-state index is 13.5. The molecule has 3 aliphatic carbocycles. The lowest BCUT2D eigenvalue weighted by Crippen LogP contribution is -2.27. The number of carbonyl (C=O) groups excluding carboxylic acids is 1. The molecule has 0 heterocycles. The molecule has 1 saturated carbocycles. The number of carbonyl (C=O) groups is 1. The molecule has 6 rings (SSSR count). The number of hydrogen-bond donors (Lipinski definition) is 0. The Balaban J connectivity index is 1.19. The Bertz CT molecular complexity index is 1230. The lowest BCUT2D eigenvalue weighted by molar-refractivity contribution is -0.124. The van der Waals surface area contributed by atoms with Gasteiger partial charge in [0, 0.05) is 18.3 Å². The van der Waals surface area contributed by atoms with E-state index >= 15 is 0 Å². The zero-order valence-corrected chi connectivity index (χ0v) is 19.7. The number of rotatable bonds is 5. The first-order valence-electron chi connectivity index (χ1n) is 12.9. The monoisotopic (exact) mass is 444 g/mol. The molecule has 0 amide bonds. The summed E-state index contributed by atoms with van der Waals surface area (Å²) in [7, 11) is 0. The average molecular weight is 445 g/mol. The molecule has 0 aromatic heterocycles. The Morgan fingerprint density at radius 1 is 0.735 bits per heavy atom. The third-order valence-electron chi connectivity index (χ3n) is 8.41. The minimum Gasteiger partial charge on any atom is -0.299 e. The Kier molecular flexibility index (Phi) is 5.79. The van der Waals surface area contributed by atoms with E-state index in [1.54, 1.807) is 0 Å². The van der Waals surface area contributed by atoms with Gasteiger partial charge in [-0.3, -0.25) is 4.79 Å². The molecule has 0 N–H and O–H groups in total. The van der Waals surface area contributed by atoms with Crippen molar-refractivity contribution in [3.63, 3.8) is 0 Å². The third kappa shape index (κ3) is 3.98. The van der Waals surface area contributed by atoms with E-state index in [1.807, 2.05) is 0 Å². The van der Waals surface area contributed by atoms with Gasteiger partial charge in [0.15, 0.2) is 0 Å². The van der Waals surface area contributed by atoms with Gasteiger partial charge in [0.2, 0.25) is 0 Å². The summed E-state index contributed by atoms with van der Waals surface area (Å²) in [6.45, 7) is 0. The molecular weight excluding hydrogens is 412 g/mol. The van der Waals surface area contributed by atoms with Crippen LogP contribution in [0, 0.1) is 11.8 Å². The van der Waals surface area contributed by atoms with E-state index in [9.17, 15) is 4.79 Å². The number of fused-ring (bicyclic) bond motifs is 3. The molecule has 1 heteroatoms. The molecule has 34 heavy (non-hydrogen) atoms. The van der Waals surface area contributed by atoms with Crippen LogP contribution >= 0.6 is 0 Å². The van der Waals surface area contributed by atoms with Crippen molar-refractivity contribution < 1.29 is 4.79 Å². The van der Waals surface area contributed by atoms with Crippen LogP contribution in [0.25, 0.3) is 5.57 Å². The average Bonchev–Trinajstić information content (AvgIpc) is 3.36. The van der Waals surface area contributed by atoms with Crippen LogP contribution in [0.15, 0.2) is 103 Å². The summed E-state index contributed by atoms with van der Waals surface area (Å²) in [4.78, 5) is 13.5. The van der Waals surface area contributed by atoms with Gasteiger partial charge < -0.3 is 0 Å². The first-order valence-corrected chi connectivity index (χ1v) is 12.9. The zero-order chi connectivity index (χ0) is 22.9. The van der Waals surface area contributed by atoms with Crippen molar-refractivity contribution in [3.05, 3.63) is 125 Å². The quantitative estimate of drug-likeness (QED) is 0.391. The highest BCUT2D eigenvalue weighted by Gasteiger charge is 2.38. The first kappa shape index (κ1) is 21.4. The summed E-state index contributed by atoms with van der Waals surface area (Å²) in [6.07, 6.45) is 10.7. The molecule has 3 aromatic carbocycles. The summed E-state index contributed by atoms with van der Waals surface area (Å²) in [6, 6.07) is 30.5. The van der Waals surface area contributed by atoms with Crippen LogP contribution in [0.3, 0.4) is 0 Å². The predicted molar refractivity (Wildman–Crippen MR) is 140 cm³/mol. The van der Waals surface area contributed by atoms with Gasteiger partial charge >= 0.3 is 0 Å². The maximum atomic E-state index is 13.5. The Morgan fingerprint density at radius 2 is 1.41 bits per heavy atom. The van der Waals surface area contributed by atoms with E-state index in [0.29, 0.717) is 30.0 Å². The fourth-order valence-corrected chi connectivity index (χ4v) is 6.63. The van der Waals surface area contributed by atoms with Crippen molar-refractivity contribution in [1.29, 1.82) is 0 Å². The molecular formula is C33H32O. The van der Waals surface area contributed by atoms with Crippen molar-refractivity contribution in [2.24, 2.45) is 11.8 Å². The van der Waals surface area contributed by atoms with Crippen molar-refractivity contribution >= 4 is 11.4 Å². The number of allylic oxidation sites excluding steroid dienone is 4. The van der Waals surface area contributed by atoms with Gasteiger partial charge in [-0.1, -0.05) is 103 Å². The number of ketones is 1. The first-order chi connectivity index (χ1) is 16.8. The third-order valence-corrected chi connectivity index (χ3v) is 8.41. The number of Topliss-reactive ketones (excluding diaryl/α,β-unsaturated/α-hetero) is 1. The van der Waals surface area contributed by atoms with E-state index in [2.05, 4.69) is 97.1 Å². The van der Waals surface area contributed by atoms with Crippen LogP contribution in [0.2, 0.25) is 0 Å². The summed E-state index contributed by atoms with van der Waals surface area (Å²) in [5, 5.41) is 0. The van der Waals surface area contributed by atoms with Crippen LogP contribution in [0.5, 0.6) is 0 Å². The van der Waals surface area contributed by atoms with Crippen molar-refractivity contribution in [2.45, 2.75) is 50.4 Å². The molecule has 2 unspecified atom stereocenters. The highest BCUT2D eigenvalue weighted by Crippen LogP contribution is 2.51. The fraction of sp³-hybridized carbons (Fsp3) is 0.303. The lowest BCUT2D eigenvalue weighted by atomic mass is 9.68. The summed E-state index contributed by atoms with van der Waals surface area (Å²) in [5.41, 5.74) is 8.40. The van der Waals surface area contributed by atoms with E-state index < -0.39 is 0 Å². The number of benzene rings is 3. The second-order valence-electron chi connectivity index (χ2n) is 10.3. The van der Waals surface area contributed by atoms with Crippen molar-refractivity contribution in [1.82, 2.24) is 0 Å². The smallest absolute Gasteiger partial charge is 0.136 e. The van der Waals surface area contributed by atoms with Crippen molar-refractivity contribution in [3.8, 4) is 0 Å². The van der Waals surface area contributed by atoms with Crippen LogP contribution in [-0.2, 0) is 11.2 Å². The van der Waals surface area contributed by atoms with Gasteiger partial charge in [0.05, 0.1) is 0 Å². The molecule has 0 bridgehead atoms. The molecule has 1 fully saturated rings. The predicted octanol–water partition coefficient (Wildman–Crippen LogP) is 7.90. The maximum Gasteiger partial charge on any atom is 0.136 e. The highest BCUT2D eigenvalue weighted by molar-refractivity contribution is 5.84. The molecule has 2 atom stereocenters. The van der Waals surface area contributed by atoms with Gasteiger partial charge in [-0.15, -0.1) is 0 Å². The van der Waals surface area contributed by atoms with Crippen LogP contribution in [-0.4, -0.2) is 5.78 Å². The van der Waals surface area contributed by atoms with Gasteiger partial charge in [0.25, 0.3) is 0 Å². The molecule has 0 saturated heterocycles. The van der Waals surface area contributed by atoms with E-state index in [1.165, 1.54) is 33.4 Å². The topological polar surface area (TPSA) is 17.1 Å². The SMILES string of the molecule is O=C(CC1Cc2ccccc2C2C(c3ccccc3)=CC=C12)C1CCC(c2ccccc2)CC1. The fourth-order valence-electron chi connectivity index (χ4n) is 6.63. The summed E-state index contributed by atoms with van der Waals surface area (Å²) in [5.74, 6) is 1.95. The second kappa shape index (κ2) is 9.22. The summed E-state index contributed by atoms with van der Waals surface area (Å²) >= 11 is 0. The van der Waals surface area contributed by atoms with E-state index in [0.717, 1.165) is 32.1 Å². The molecule has 1 nitrogen and oxygen atoms in total. The zero-order valence-electron chi connectivity index (χ0n) is 19.7. The minimum absolute atomic E-state index is 0.235. The second-order valence-corrected chi connectivity index (χ2v) is 10.3. The lowest BCUT2D eigenvalue weighted by Gasteiger charge is -2.35.